The molecule has 0 saturated heterocycles. The van der Waals surface area contributed by atoms with Crippen LogP contribution in [0.4, 0.5) is 0 Å². The van der Waals surface area contributed by atoms with Gasteiger partial charge in [0.1, 0.15) is 0 Å². The lowest BCUT2D eigenvalue weighted by Crippen LogP contribution is -2.10. The number of hydrogen-bond acceptors (Lipinski definition) is 2. The Labute approximate surface area is 99.5 Å². The van der Waals surface area contributed by atoms with E-state index in [2.05, 4.69) is 19.9 Å². The third-order valence-electron chi connectivity index (χ3n) is 2.78. The highest BCUT2D eigenvalue weighted by Gasteiger charge is 2.30. The van der Waals surface area contributed by atoms with Crippen LogP contribution < -0.4 is 0 Å². The molecule has 2 rings (SSSR count). The fraction of sp³-hybridized carbons (Fsp3) is 0.583. The molecule has 0 spiro atoms. The number of halogens is 1. The van der Waals surface area contributed by atoms with Crippen molar-refractivity contribution in [2.45, 2.75) is 33.1 Å². The topological polar surface area (TPSA) is 17.1 Å². The number of carbonyl (C=O) groups is 1. The highest BCUT2D eigenvalue weighted by atomic mass is 35.5. The molecule has 0 fully saturated rings. The molecule has 15 heavy (non-hydrogen) atoms. The predicted molar refractivity (Wildman–Crippen MR) is 64.9 cm³/mol. The van der Waals surface area contributed by atoms with E-state index in [4.69, 9.17) is 11.6 Å². The van der Waals surface area contributed by atoms with Crippen LogP contribution in [0.2, 0.25) is 0 Å². The summed E-state index contributed by atoms with van der Waals surface area (Å²) in [6, 6.07) is 2.19. The fourth-order valence-electron chi connectivity index (χ4n) is 2.17. The standard InChI is InChI=1S/C12H15ClOS/c1-12(2)5-8-3-10(4-9(14)7-13)15-11(8)6-12/h3H,4-7H2,1-2H3. The number of hydrogen-bond donors (Lipinski definition) is 0. The first kappa shape index (κ1) is 11.2. The summed E-state index contributed by atoms with van der Waals surface area (Å²) in [7, 11) is 0. The van der Waals surface area contributed by atoms with E-state index in [1.54, 1.807) is 11.3 Å². The summed E-state index contributed by atoms with van der Waals surface area (Å²) in [6.07, 6.45) is 2.82. The van der Waals surface area contributed by atoms with E-state index in [1.807, 2.05) is 0 Å². The minimum Gasteiger partial charge on any atom is -0.298 e. The van der Waals surface area contributed by atoms with Gasteiger partial charge in [-0.3, -0.25) is 4.79 Å². The van der Waals surface area contributed by atoms with E-state index >= 15 is 0 Å². The van der Waals surface area contributed by atoms with Gasteiger partial charge in [-0.2, -0.15) is 0 Å². The molecule has 0 aliphatic heterocycles. The number of fused-ring (bicyclic) bond motifs is 1. The molecule has 1 nitrogen and oxygen atoms in total. The van der Waals surface area contributed by atoms with Gasteiger partial charge in [0.15, 0.2) is 5.78 Å². The molecule has 82 valence electrons. The van der Waals surface area contributed by atoms with Crippen LogP contribution in [-0.4, -0.2) is 11.7 Å². The van der Waals surface area contributed by atoms with E-state index in [-0.39, 0.29) is 11.7 Å². The van der Waals surface area contributed by atoms with Crippen molar-refractivity contribution in [2.24, 2.45) is 5.41 Å². The van der Waals surface area contributed by atoms with Gasteiger partial charge in [-0.25, -0.2) is 0 Å². The molecular weight excluding hydrogens is 228 g/mol. The molecule has 0 aromatic carbocycles. The maximum Gasteiger partial charge on any atom is 0.152 e. The van der Waals surface area contributed by atoms with Gasteiger partial charge in [0.2, 0.25) is 0 Å². The first-order chi connectivity index (χ1) is 7.00. The second-order valence-corrected chi connectivity index (χ2v) is 6.52. The Kier molecular flexibility index (Phi) is 2.91. The zero-order valence-corrected chi connectivity index (χ0v) is 10.7. The largest absolute Gasteiger partial charge is 0.298 e. The summed E-state index contributed by atoms with van der Waals surface area (Å²) in [4.78, 5) is 13.9. The van der Waals surface area contributed by atoms with Crippen molar-refractivity contribution >= 4 is 28.7 Å². The number of alkyl halides is 1. The van der Waals surface area contributed by atoms with E-state index in [0.717, 1.165) is 12.8 Å². The van der Waals surface area contributed by atoms with Gasteiger partial charge in [-0.15, -0.1) is 22.9 Å². The van der Waals surface area contributed by atoms with Crippen LogP contribution in [0.15, 0.2) is 6.07 Å². The SMILES string of the molecule is CC1(C)Cc2cc(CC(=O)CCl)sc2C1. The van der Waals surface area contributed by atoms with Gasteiger partial charge in [-0.1, -0.05) is 13.8 Å². The number of ketones is 1. The van der Waals surface area contributed by atoms with Crippen LogP contribution in [0.25, 0.3) is 0 Å². The Bertz CT molecular complexity index is 367. The predicted octanol–water partition coefficient (Wildman–Crippen LogP) is 3.22. The lowest BCUT2D eigenvalue weighted by molar-refractivity contribution is -0.116. The van der Waals surface area contributed by atoms with Crippen molar-refractivity contribution in [3.63, 3.8) is 0 Å². The molecule has 1 aliphatic carbocycles. The summed E-state index contributed by atoms with van der Waals surface area (Å²) < 4.78 is 0. The summed E-state index contributed by atoms with van der Waals surface area (Å²) in [5, 5.41) is 0. The molecule has 0 unspecified atom stereocenters. The normalized spacial score (nSPS) is 17.8. The Hall–Kier alpha value is -0.340. The second-order valence-electron chi connectivity index (χ2n) is 5.03. The number of thiophene rings is 1. The molecule has 0 amide bonds. The van der Waals surface area contributed by atoms with Gasteiger partial charge in [0.25, 0.3) is 0 Å². The van der Waals surface area contributed by atoms with Crippen LogP contribution in [-0.2, 0) is 24.1 Å². The average molecular weight is 243 g/mol. The summed E-state index contributed by atoms with van der Waals surface area (Å²) in [6.45, 7) is 4.59. The lowest BCUT2D eigenvalue weighted by Gasteiger charge is -2.15. The molecular formula is C12H15ClOS. The first-order valence-corrected chi connectivity index (χ1v) is 6.53. The van der Waals surface area contributed by atoms with Crippen LogP contribution in [0, 0.1) is 5.41 Å². The third kappa shape index (κ3) is 2.43. The average Bonchev–Trinajstić information content (AvgIpc) is 2.57. The Morgan fingerprint density at radius 1 is 1.53 bits per heavy atom. The summed E-state index contributed by atoms with van der Waals surface area (Å²) in [5.74, 6) is 0.254. The summed E-state index contributed by atoms with van der Waals surface area (Å²) >= 11 is 7.29. The van der Waals surface area contributed by atoms with E-state index < -0.39 is 0 Å². The van der Waals surface area contributed by atoms with Gasteiger partial charge < -0.3 is 0 Å². The molecule has 1 aromatic heterocycles. The Balaban J connectivity index is 2.11. The summed E-state index contributed by atoms with van der Waals surface area (Å²) in [5.41, 5.74) is 1.86. The molecule has 0 N–H and O–H groups in total. The van der Waals surface area contributed by atoms with Crippen molar-refractivity contribution in [1.82, 2.24) is 0 Å². The molecule has 0 saturated carbocycles. The van der Waals surface area contributed by atoms with Crippen LogP contribution in [0.5, 0.6) is 0 Å². The maximum absolute atomic E-state index is 11.2. The Morgan fingerprint density at radius 2 is 2.27 bits per heavy atom. The van der Waals surface area contributed by atoms with E-state index in [0.29, 0.717) is 11.8 Å². The van der Waals surface area contributed by atoms with Gasteiger partial charge >= 0.3 is 0 Å². The molecule has 3 heteroatoms. The minimum atomic E-state index is 0.121. The van der Waals surface area contributed by atoms with Crippen LogP contribution >= 0.6 is 22.9 Å². The Morgan fingerprint density at radius 3 is 2.87 bits per heavy atom. The third-order valence-corrected chi connectivity index (χ3v) is 4.25. The fourth-order valence-corrected chi connectivity index (χ4v) is 3.74. The smallest absolute Gasteiger partial charge is 0.152 e. The number of rotatable bonds is 3. The van der Waals surface area contributed by atoms with Crippen molar-refractivity contribution in [2.75, 3.05) is 5.88 Å². The highest BCUT2D eigenvalue weighted by molar-refractivity contribution is 7.12. The second kappa shape index (κ2) is 3.91. The van der Waals surface area contributed by atoms with E-state index in [1.165, 1.54) is 15.3 Å². The van der Waals surface area contributed by atoms with Crippen LogP contribution in [0.1, 0.15) is 29.2 Å². The van der Waals surface area contributed by atoms with Gasteiger partial charge in [-0.05, 0) is 29.9 Å². The van der Waals surface area contributed by atoms with Crippen molar-refractivity contribution in [1.29, 1.82) is 0 Å². The zero-order valence-electron chi connectivity index (χ0n) is 9.10. The zero-order chi connectivity index (χ0) is 11.1. The maximum atomic E-state index is 11.2. The van der Waals surface area contributed by atoms with E-state index in [9.17, 15) is 4.79 Å². The highest BCUT2D eigenvalue weighted by Crippen LogP contribution is 2.40. The molecule has 1 aliphatic rings. The molecule has 0 atom stereocenters. The van der Waals surface area contributed by atoms with Crippen molar-refractivity contribution in [3.8, 4) is 0 Å². The molecule has 1 aromatic rings. The quantitative estimate of drug-likeness (QED) is 0.744. The molecule has 0 radical (unpaired) electrons. The lowest BCUT2D eigenvalue weighted by atomic mass is 9.91. The number of Topliss-reactive ketones (excluding diaryl/α,β-unsaturated/α-hetero) is 1. The minimum absolute atomic E-state index is 0.121. The van der Waals surface area contributed by atoms with Crippen molar-refractivity contribution < 1.29 is 4.79 Å². The van der Waals surface area contributed by atoms with Crippen LogP contribution in [0.3, 0.4) is 0 Å². The van der Waals surface area contributed by atoms with Gasteiger partial charge in [0.05, 0.1) is 5.88 Å². The van der Waals surface area contributed by atoms with Crippen molar-refractivity contribution in [3.05, 3.63) is 21.4 Å². The number of carbonyl (C=O) groups excluding carboxylic acids is 1. The molecule has 1 heterocycles. The molecule has 0 bridgehead atoms. The monoisotopic (exact) mass is 242 g/mol. The first-order valence-electron chi connectivity index (χ1n) is 5.18. The van der Waals surface area contributed by atoms with Gasteiger partial charge in [0, 0.05) is 16.2 Å².